The van der Waals surface area contributed by atoms with Gasteiger partial charge in [0.25, 0.3) is 5.91 Å². The number of ether oxygens (including phenoxy) is 1. The number of carbonyl (C=O) groups excluding carboxylic acids is 2. The lowest BCUT2D eigenvalue weighted by atomic mass is 10.1. The Hall–Kier alpha value is -2.31. The van der Waals surface area contributed by atoms with E-state index in [4.69, 9.17) is 11.5 Å². The van der Waals surface area contributed by atoms with Crippen LogP contribution in [0.3, 0.4) is 0 Å². The number of amides is 2. The lowest BCUT2D eigenvalue weighted by Gasteiger charge is -2.07. The van der Waals surface area contributed by atoms with Gasteiger partial charge >= 0.3 is 6.09 Å². The van der Waals surface area contributed by atoms with Gasteiger partial charge < -0.3 is 21.5 Å². The van der Waals surface area contributed by atoms with Gasteiger partial charge in [-0.05, 0) is 18.2 Å². The number of carbonyl (C=O) groups is 2. The lowest BCUT2D eigenvalue weighted by molar-refractivity contribution is 0.0937. The highest BCUT2D eigenvalue weighted by Crippen LogP contribution is 2.12. The molecular formula is C10H12FN3O3. The van der Waals surface area contributed by atoms with Gasteiger partial charge in [0.1, 0.15) is 12.4 Å². The monoisotopic (exact) mass is 241 g/mol. The highest BCUT2D eigenvalue weighted by Gasteiger charge is 2.09. The molecule has 2 amide bonds. The van der Waals surface area contributed by atoms with Crippen molar-refractivity contribution in [2.24, 2.45) is 5.73 Å². The van der Waals surface area contributed by atoms with Crippen molar-refractivity contribution in [3.63, 3.8) is 0 Å². The molecule has 0 atom stereocenters. The van der Waals surface area contributed by atoms with E-state index in [1.54, 1.807) is 0 Å². The third-order valence-corrected chi connectivity index (χ3v) is 1.89. The molecule has 5 N–H and O–H groups in total. The summed E-state index contributed by atoms with van der Waals surface area (Å²) in [6.45, 7) is 0.0563. The van der Waals surface area contributed by atoms with Gasteiger partial charge in [-0.2, -0.15) is 0 Å². The van der Waals surface area contributed by atoms with Gasteiger partial charge in [0.2, 0.25) is 0 Å². The molecule has 0 radical (unpaired) electrons. The molecule has 6 nitrogen and oxygen atoms in total. The standard InChI is InChI=1S/C10H12FN3O3/c11-6-1-2-7(8(12)5-6)9(15)14-3-4-17-10(13)16/h1-2,5H,3-4,12H2,(H2,13,16)(H,14,15). The van der Waals surface area contributed by atoms with E-state index in [-0.39, 0.29) is 24.4 Å². The van der Waals surface area contributed by atoms with Gasteiger partial charge in [0, 0.05) is 5.69 Å². The number of benzene rings is 1. The van der Waals surface area contributed by atoms with Crippen molar-refractivity contribution in [1.82, 2.24) is 5.32 Å². The maximum atomic E-state index is 12.7. The smallest absolute Gasteiger partial charge is 0.404 e. The van der Waals surface area contributed by atoms with Crippen molar-refractivity contribution < 1.29 is 18.7 Å². The van der Waals surface area contributed by atoms with Crippen molar-refractivity contribution in [1.29, 1.82) is 0 Å². The zero-order valence-corrected chi connectivity index (χ0v) is 8.90. The van der Waals surface area contributed by atoms with Crippen molar-refractivity contribution in [2.45, 2.75) is 0 Å². The number of nitrogens with one attached hydrogen (secondary N) is 1. The minimum Gasteiger partial charge on any atom is -0.448 e. The molecule has 1 aromatic rings. The summed E-state index contributed by atoms with van der Waals surface area (Å²) in [6, 6.07) is 3.45. The number of hydrogen-bond acceptors (Lipinski definition) is 4. The van der Waals surface area contributed by atoms with E-state index in [1.165, 1.54) is 6.07 Å². The molecule has 92 valence electrons. The van der Waals surface area contributed by atoms with Crippen molar-refractivity contribution >= 4 is 17.7 Å². The largest absolute Gasteiger partial charge is 0.448 e. The zero-order valence-electron chi connectivity index (χ0n) is 8.90. The van der Waals surface area contributed by atoms with Crippen LogP contribution >= 0.6 is 0 Å². The molecule has 7 heteroatoms. The van der Waals surface area contributed by atoms with Gasteiger partial charge in [-0.15, -0.1) is 0 Å². The molecule has 0 saturated carbocycles. The van der Waals surface area contributed by atoms with Gasteiger partial charge in [-0.25, -0.2) is 9.18 Å². The van der Waals surface area contributed by atoms with Gasteiger partial charge in [0.15, 0.2) is 0 Å². The van der Waals surface area contributed by atoms with E-state index < -0.39 is 17.8 Å². The van der Waals surface area contributed by atoms with Crippen molar-refractivity contribution in [3.8, 4) is 0 Å². The topological polar surface area (TPSA) is 107 Å². The maximum absolute atomic E-state index is 12.7. The van der Waals surface area contributed by atoms with E-state index in [0.29, 0.717) is 0 Å². The molecule has 17 heavy (non-hydrogen) atoms. The zero-order chi connectivity index (χ0) is 12.8. The van der Waals surface area contributed by atoms with Crippen LogP contribution in [0.2, 0.25) is 0 Å². The Morgan fingerprint density at radius 2 is 2.12 bits per heavy atom. The number of anilines is 1. The minimum absolute atomic E-state index is 0.0395. The third-order valence-electron chi connectivity index (χ3n) is 1.89. The maximum Gasteiger partial charge on any atom is 0.404 e. The Labute approximate surface area is 96.7 Å². The molecule has 0 aliphatic heterocycles. The first-order valence-corrected chi connectivity index (χ1v) is 4.76. The molecule has 0 aliphatic carbocycles. The second-order valence-corrected chi connectivity index (χ2v) is 3.15. The van der Waals surface area contributed by atoms with E-state index in [9.17, 15) is 14.0 Å². The quantitative estimate of drug-likeness (QED) is 0.518. The average molecular weight is 241 g/mol. The Kier molecular flexibility index (Phi) is 4.27. The number of nitrogens with two attached hydrogens (primary N) is 2. The predicted octanol–water partition coefficient (Wildman–Crippen LogP) is 0.233. The second-order valence-electron chi connectivity index (χ2n) is 3.15. The molecule has 0 fully saturated rings. The molecule has 0 aliphatic rings. The fourth-order valence-corrected chi connectivity index (χ4v) is 1.15. The predicted molar refractivity (Wildman–Crippen MR) is 58.7 cm³/mol. The first-order chi connectivity index (χ1) is 8.00. The Balaban J connectivity index is 2.50. The molecule has 0 saturated heterocycles. The highest BCUT2D eigenvalue weighted by atomic mass is 19.1. The van der Waals surface area contributed by atoms with Crippen molar-refractivity contribution in [3.05, 3.63) is 29.6 Å². The van der Waals surface area contributed by atoms with Crippen molar-refractivity contribution in [2.75, 3.05) is 18.9 Å². The van der Waals surface area contributed by atoms with Crippen LogP contribution in [-0.4, -0.2) is 25.2 Å². The van der Waals surface area contributed by atoms with E-state index >= 15 is 0 Å². The highest BCUT2D eigenvalue weighted by molar-refractivity contribution is 5.99. The Bertz CT molecular complexity index is 437. The lowest BCUT2D eigenvalue weighted by Crippen LogP contribution is -2.29. The van der Waals surface area contributed by atoms with Crippen LogP contribution in [0.1, 0.15) is 10.4 Å². The number of primary amides is 1. The molecule has 0 heterocycles. The normalized spacial score (nSPS) is 9.71. The molecule has 0 unspecified atom stereocenters. The van der Waals surface area contributed by atoms with Crippen LogP contribution in [0.5, 0.6) is 0 Å². The first kappa shape index (κ1) is 12.8. The molecular weight excluding hydrogens is 229 g/mol. The van der Waals surface area contributed by atoms with Crippen LogP contribution in [0.4, 0.5) is 14.9 Å². The Morgan fingerprint density at radius 3 is 2.71 bits per heavy atom. The molecule has 0 aromatic heterocycles. The van der Waals surface area contributed by atoms with Gasteiger partial charge in [-0.1, -0.05) is 0 Å². The summed E-state index contributed by atoms with van der Waals surface area (Å²) in [5.41, 5.74) is 10.4. The van der Waals surface area contributed by atoms with Crippen LogP contribution in [-0.2, 0) is 4.74 Å². The third kappa shape index (κ3) is 3.98. The fourth-order valence-electron chi connectivity index (χ4n) is 1.15. The summed E-state index contributed by atoms with van der Waals surface area (Å²) in [5, 5.41) is 2.44. The van der Waals surface area contributed by atoms with E-state index in [2.05, 4.69) is 10.1 Å². The molecule has 1 aromatic carbocycles. The van der Waals surface area contributed by atoms with Crippen LogP contribution < -0.4 is 16.8 Å². The number of rotatable bonds is 4. The summed E-state index contributed by atoms with van der Waals surface area (Å²) in [4.78, 5) is 21.8. The summed E-state index contributed by atoms with van der Waals surface area (Å²) >= 11 is 0. The summed E-state index contributed by atoms with van der Waals surface area (Å²) < 4.78 is 17.1. The molecule has 1 rings (SSSR count). The fraction of sp³-hybridized carbons (Fsp3) is 0.200. The molecule has 0 bridgehead atoms. The summed E-state index contributed by atoms with van der Waals surface area (Å²) in [6.07, 6.45) is -0.916. The van der Waals surface area contributed by atoms with E-state index in [0.717, 1.165) is 12.1 Å². The number of nitrogen functional groups attached to an aromatic ring is 1. The van der Waals surface area contributed by atoms with E-state index in [1.807, 2.05) is 0 Å². The summed E-state index contributed by atoms with van der Waals surface area (Å²) in [7, 11) is 0. The Morgan fingerprint density at radius 1 is 1.41 bits per heavy atom. The minimum atomic E-state index is -0.916. The van der Waals surface area contributed by atoms with Crippen LogP contribution in [0, 0.1) is 5.82 Å². The summed E-state index contributed by atoms with van der Waals surface area (Å²) in [5.74, 6) is -0.994. The number of hydrogen-bond donors (Lipinski definition) is 3. The SMILES string of the molecule is NC(=O)OCCNC(=O)c1ccc(F)cc1N. The molecule has 0 spiro atoms. The average Bonchev–Trinajstić information content (AvgIpc) is 2.23. The second kappa shape index (κ2) is 5.69. The number of halogens is 1. The first-order valence-electron chi connectivity index (χ1n) is 4.76. The van der Waals surface area contributed by atoms with Crippen LogP contribution in [0.25, 0.3) is 0 Å². The van der Waals surface area contributed by atoms with Gasteiger partial charge in [-0.3, -0.25) is 4.79 Å². The van der Waals surface area contributed by atoms with Crippen LogP contribution in [0.15, 0.2) is 18.2 Å². The van der Waals surface area contributed by atoms with Gasteiger partial charge in [0.05, 0.1) is 12.1 Å².